The predicted octanol–water partition coefficient (Wildman–Crippen LogP) is 6.40. The molecule has 1 aliphatic carbocycles. The van der Waals surface area contributed by atoms with Gasteiger partial charge in [0.25, 0.3) is 0 Å². The zero-order chi connectivity index (χ0) is 20.7. The highest BCUT2D eigenvalue weighted by molar-refractivity contribution is 6.04. The van der Waals surface area contributed by atoms with Crippen molar-refractivity contribution < 1.29 is 4.79 Å². The number of benzene rings is 4. The molecule has 1 amide bonds. The molecule has 4 aromatic carbocycles. The number of nitrogens with one attached hydrogen (secondary N) is 1. The van der Waals surface area contributed by atoms with E-state index in [1.54, 1.807) is 0 Å². The number of hydrogen-bond donors (Lipinski definition) is 1. The van der Waals surface area contributed by atoms with Crippen LogP contribution in [0.1, 0.15) is 28.7 Å². The summed E-state index contributed by atoms with van der Waals surface area (Å²) in [5, 5.41) is 5.43. The molecule has 4 aromatic rings. The summed E-state index contributed by atoms with van der Waals surface area (Å²) in [5.74, 6) is 0.00869. The van der Waals surface area contributed by atoms with E-state index in [1.165, 1.54) is 22.3 Å². The molecule has 148 valence electrons. The average molecular weight is 392 g/mol. The van der Waals surface area contributed by atoms with E-state index in [0.717, 1.165) is 22.9 Å². The molecule has 1 fully saturated rings. The number of aryl methyl sites for hydroxylation is 2. The number of carbonyl (C=O) groups excluding carboxylic acids is 1. The Morgan fingerprint density at radius 3 is 1.97 bits per heavy atom. The molecule has 30 heavy (non-hydrogen) atoms. The van der Waals surface area contributed by atoms with Crippen LogP contribution in [0.25, 0.3) is 10.8 Å². The van der Waals surface area contributed by atoms with E-state index in [0.29, 0.717) is 0 Å². The van der Waals surface area contributed by atoms with Gasteiger partial charge < -0.3 is 5.32 Å². The van der Waals surface area contributed by atoms with Crippen LogP contribution in [-0.2, 0) is 10.2 Å². The second-order valence-corrected chi connectivity index (χ2v) is 8.48. The highest BCUT2D eigenvalue weighted by atomic mass is 16.2. The Morgan fingerprint density at radius 1 is 0.767 bits per heavy atom. The van der Waals surface area contributed by atoms with Gasteiger partial charge in [-0.2, -0.15) is 0 Å². The van der Waals surface area contributed by atoms with Crippen molar-refractivity contribution in [3.63, 3.8) is 0 Å². The Morgan fingerprint density at radius 2 is 1.33 bits per heavy atom. The van der Waals surface area contributed by atoms with Gasteiger partial charge in [-0.1, -0.05) is 96.1 Å². The van der Waals surface area contributed by atoms with Gasteiger partial charge in [0, 0.05) is 16.5 Å². The number of carbonyl (C=O) groups is 1. The molecule has 1 N–H and O–H groups in total. The van der Waals surface area contributed by atoms with Crippen LogP contribution in [0.3, 0.4) is 0 Å². The minimum Gasteiger partial charge on any atom is -0.325 e. The molecule has 1 atom stereocenters. The molecule has 0 aromatic heterocycles. The lowest BCUT2D eigenvalue weighted by Crippen LogP contribution is -2.22. The van der Waals surface area contributed by atoms with Gasteiger partial charge in [-0.05, 0) is 42.8 Å². The second kappa shape index (κ2) is 7.14. The van der Waals surface area contributed by atoms with E-state index in [4.69, 9.17) is 0 Å². The Kier molecular flexibility index (Phi) is 4.43. The van der Waals surface area contributed by atoms with Crippen LogP contribution in [-0.4, -0.2) is 5.91 Å². The fourth-order valence-electron chi connectivity index (χ4n) is 4.64. The van der Waals surface area contributed by atoms with Crippen molar-refractivity contribution in [2.24, 2.45) is 5.92 Å². The zero-order valence-corrected chi connectivity index (χ0v) is 17.4. The fourth-order valence-corrected chi connectivity index (χ4v) is 4.64. The summed E-state index contributed by atoms with van der Waals surface area (Å²) in [7, 11) is 0. The maximum Gasteiger partial charge on any atom is 0.228 e. The molecule has 0 aliphatic heterocycles. The lowest BCUT2D eigenvalue weighted by Gasteiger charge is -2.20. The number of amides is 1. The first-order valence-corrected chi connectivity index (χ1v) is 10.5. The van der Waals surface area contributed by atoms with Crippen LogP contribution in [0.4, 0.5) is 5.69 Å². The standard InChI is InChI=1S/C28H25NO/c1-19-10-14-22(15-11-19)28(23-16-12-20(2)13-17-23)18-25(28)27(30)29-26-9-5-7-21-6-3-4-8-24(21)26/h3-17,25H,18H2,1-2H3,(H,29,30)/t25-/m1/s1. The van der Waals surface area contributed by atoms with Crippen molar-refractivity contribution >= 4 is 22.4 Å². The van der Waals surface area contributed by atoms with Gasteiger partial charge >= 0.3 is 0 Å². The predicted molar refractivity (Wildman–Crippen MR) is 124 cm³/mol. The Labute approximate surface area is 177 Å². The molecule has 0 saturated heterocycles. The molecule has 2 heteroatoms. The van der Waals surface area contributed by atoms with E-state index < -0.39 is 0 Å². The topological polar surface area (TPSA) is 29.1 Å². The summed E-state index contributed by atoms with van der Waals surface area (Å²) >= 11 is 0. The molecule has 0 radical (unpaired) electrons. The second-order valence-electron chi connectivity index (χ2n) is 8.48. The van der Waals surface area contributed by atoms with Crippen LogP contribution < -0.4 is 5.32 Å². The van der Waals surface area contributed by atoms with Gasteiger partial charge in [-0.15, -0.1) is 0 Å². The Balaban J connectivity index is 1.51. The summed E-state index contributed by atoms with van der Waals surface area (Å²) in [5.41, 5.74) is 5.53. The van der Waals surface area contributed by atoms with E-state index in [1.807, 2.05) is 24.3 Å². The lowest BCUT2D eigenvalue weighted by atomic mass is 9.85. The normalized spacial score (nSPS) is 16.9. The third-order valence-electron chi connectivity index (χ3n) is 6.46. The summed E-state index contributed by atoms with van der Waals surface area (Å²) < 4.78 is 0. The Bertz CT molecular complexity index is 1170. The SMILES string of the molecule is Cc1ccc(C2(c3ccc(C)cc3)C[C@@H]2C(=O)Nc2cccc3ccccc23)cc1. The first-order valence-electron chi connectivity index (χ1n) is 10.5. The molecule has 0 spiro atoms. The van der Waals surface area contributed by atoms with E-state index in [9.17, 15) is 4.79 Å². The van der Waals surface area contributed by atoms with Gasteiger partial charge in [0.15, 0.2) is 0 Å². The number of hydrogen-bond acceptors (Lipinski definition) is 1. The van der Waals surface area contributed by atoms with Crippen molar-refractivity contribution in [1.29, 1.82) is 0 Å². The van der Waals surface area contributed by atoms with Gasteiger partial charge in [-0.3, -0.25) is 4.79 Å². The highest BCUT2D eigenvalue weighted by Gasteiger charge is 2.60. The Hall–Kier alpha value is -3.39. The molecule has 1 saturated carbocycles. The van der Waals surface area contributed by atoms with Crippen molar-refractivity contribution in [2.75, 3.05) is 5.32 Å². The fraction of sp³-hybridized carbons (Fsp3) is 0.179. The summed E-state index contributed by atoms with van der Waals surface area (Å²) in [6.45, 7) is 4.19. The number of fused-ring (bicyclic) bond motifs is 1. The smallest absolute Gasteiger partial charge is 0.228 e. The quantitative estimate of drug-likeness (QED) is 0.428. The van der Waals surface area contributed by atoms with Crippen LogP contribution in [0.2, 0.25) is 0 Å². The largest absolute Gasteiger partial charge is 0.325 e. The molecule has 1 aliphatic rings. The number of anilines is 1. The number of rotatable bonds is 4. The average Bonchev–Trinajstić information content (AvgIpc) is 3.52. The van der Waals surface area contributed by atoms with Gasteiger partial charge in [0.05, 0.1) is 5.92 Å². The monoisotopic (exact) mass is 391 g/mol. The van der Waals surface area contributed by atoms with Crippen LogP contribution in [0.5, 0.6) is 0 Å². The first kappa shape index (κ1) is 18.6. The van der Waals surface area contributed by atoms with Crippen LogP contribution >= 0.6 is 0 Å². The third kappa shape index (κ3) is 3.09. The van der Waals surface area contributed by atoms with Crippen molar-refractivity contribution in [3.05, 3.63) is 113 Å². The maximum absolute atomic E-state index is 13.4. The summed E-state index contributed by atoms with van der Waals surface area (Å²) in [6, 6.07) is 31.5. The highest BCUT2D eigenvalue weighted by Crippen LogP contribution is 2.59. The first-order chi connectivity index (χ1) is 14.6. The van der Waals surface area contributed by atoms with E-state index in [-0.39, 0.29) is 17.2 Å². The lowest BCUT2D eigenvalue weighted by molar-refractivity contribution is -0.117. The van der Waals surface area contributed by atoms with Gasteiger partial charge in [0.1, 0.15) is 0 Å². The molecular formula is C28H25NO. The van der Waals surface area contributed by atoms with Crippen molar-refractivity contribution in [3.8, 4) is 0 Å². The molecule has 0 unspecified atom stereocenters. The molecule has 5 rings (SSSR count). The maximum atomic E-state index is 13.4. The van der Waals surface area contributed by atoms with E-state index in [2.05, 4.69) is 85.9 Å². The molecule has 0 heterocycles. The van der Waals surface area contributed by atoms with Gasteiger partial charge in [0.2, 0.25) is 5.91 Å². The van der Waals surface area contributed by atoms with Crippen LogP contribution in [0, 0.1) is 19.8 Å². The summed E-state index contributed by atoms with van der Waals surface area (Å²) in [4.78, 5) is 13.4. The van der Waals surface area contributed by atoms with Crippen molar-refractivity contribution in [2.45, 2.75) is 25.7 Å². The minimum absolute atomic E-state index is 0.0816. The van der Waals surface area contributed by atoms with Gasteiger partial charge in [-0.25, -0.2) is 0 Å². The third-order valence-corrected chi connectivity index (χ3v) is 6.46. The zero-order valence-electron chi connectivity index (χ0n) is 17.4. The molecule has 0 bridgehead atoms. The van der Waals surface area contributed by atoms with Crippen LogP contribution in [0.15, 0.2) is 91.0 Å². The van der Waals surface area contributed by atoms with E-state index >= 15 is 0 Å². The summed E-state index contributed by atoms with van der Waals surface area (Å²) in [6.07, 6.45) is 0.829. The molecular weight excluding hydrogens is 366 g/mol. The van der Waals surface area contributed by atoms with Crippen molar-refractivity contribution in [1.82, 2.24) is 0 Å². The molecule has 2 nitrogen and oxygen atoms in total. The minimum atomic E-state index is -0.254.